The summed E-state index contributed by atoms with van der Waals surface area (Å²) in [6, 6.07) is 19.3. The van der Waals surface area contributed by atoms with E-state index in [-0.39, 0.29) is 121 Å². The van der Waals surface area contributed by atoms with Crippen molar-refractivity contribution in [2.75, 3.05) is 80.0 Å². The summed E-state index contributed by atoms with van der Waals surface area (Å²) in [5.74, 6) is -0.612. The molecule has 4 aliphatic heterocycles. The number of nitrogens with one attached hydrogen (secondary N) is 3. The standard InChI is InChI=1S/C26H31ClN5O6P.C19H17ClN2O3.C10H19NO3.C8H17NO3.C8H15NO3.C5H11NO.C3H9NO.C3H5.BrH.Mg/c1-35-24(33)8-7-23-26(38-39(34,31-10-14-36-15-11-31)32-12-16-37-17-13-32)30-21-6-5-19(27)18-20(21)25(29-23)22-4-2-3-9-28-22;1-25-18(24)8-7-15-17(23)10-12-5-6-13(20)11-14(12)19(22-15)16-4-2-3-9-21-16;1-7(10(13)5-6-10)11-8(12)14-9(2,3)4;2*1-6(5-10)9-7(11)12-8(2,3)4;1-4(6)5(7)2-3-5;1-3(4)2-5;1-2-3-1;;/h2-6,9,18,23H,7-8,10-17H2,1H3;2-6,9,11,15H,7-8,10H2,1H3;7,13H,5-6H2,1-4H3,(H,11,12);6,10H,5H2,1-4H3,(H,9,11);5-6H,1-4H3,(H,9,11);4,7H,2-3,6H2,1H3;3,5H,2,4H2,1H3;1H,2-3H2;1H;/q;;;;;;;-1;;+2/p-1/t23-;15-;;;;;;;;/m00......../s1. The molecule has 660 valence electrons. The summed E-state index contributed by atoms with van der Waals surface area (Å²) in [6.07, 6.45) is 11.8. The van der Waals surface area contributed by atoms with E-state index >= 15 is 0 Å². The number of aldehydes is 1. The van der Waals surface area contributed by atoms with Gasteiger partial charge in [-0.2, -0.15) is 0 Å². The van der Waals surface area contributed by atoms with Crippen LogP contribution in [0.15, 0.2) is 100 Å². The fourth-order valence-electron chi connectivity index (χ4n) is 10.3. The Morgan fingerprint density at radius 2 is 1.07 bits per heavy atom. The largest absolute Gasteiger partial charge is 2.00 e. The molecule has 7 aliphatic rings. The number of morpholine rings is 2. The first kappa shape index (κ1) is 108. The number of ether oxygens (including phenoxy) is 7. The van der Waals surface area contributed by atoms with Crippen molar-refractivity contribution < 1.29 is 113 Å². The Hall–Kier alpha value is -6.70. The average molecular weight is 1800 g/mol. The van der Waals surface area contributed by atoms with Crippen LogP contribution in [-0.2, 0) is 67.8 Å². The SMILES string of the molecule is CC(C=O)NC(=O)OC(C)(C)C.CC(CO)NC(=O)OC(C)(C)C.CC(N)C1(O)CC1.CC(N)CO.CC(NC(=O)OC(C)(C)C)C1(O)CC1.COC(=O)CC[C@@H]1N=C(c2ccccn2)c2cc(Cl)ccc2CC1=O.COC(=O)CC[C@@H]1N=C(c2ccccn2)c2cc(Cl)ccc2N=C1OP(=O)(N1CCOCC1)N1CCOCC1.[Br-].[CH-]1CC1.[Mg+2]. The van der Waals surface area contributed by atoms with Gasteiger partial charge < -0.3 is 114 Å². The molecule has 2 aromatic carbocycles. The molecule has 0 radical (unpaired) electrons. The van der Waals surface area contributed by atoms with Gasteiger partial charge in [0.2, 0.25) is 5.90 Å². The van der Waals surface area contributed by atoms with Crippen molar-refractivity contribution in [3.8, 4) is 0 Å². The van der Waals surface area contributed by atoms with Gasteiger partial charge in [-0.3, -0.25) is 34.3 Å². The Labute approximate surface area is 737 Å². The normalized spacial score (nSPS) is 18.5. The second-order valence-corrected chi connectivity index (χ2v) is 34.8. The number of carbonyl (C=O) groups excluding carboxylic acids is 7. The molecule has 2 aromatic heterocycles. The Balaban J connectivity index is 0.000000515. The number of benzene rings is 2. The number of pyridine rings is 2. The Morgan fingerprint density at radius 1 is 0.647 bits per heavy atom. The number of halogens is 3. The molecule has 2 saturated heterocycles. The minimum absolute atomic E-state index is 0. The van der Waals surface area contributed by atoms with Crippen LogP contribution in [0.1, 0.15) is 189 Å². The van der Waals surface area contributed by atoms with Gasteiger partial charge in [0.15, 0.2) is 5.78 Å². The molecule has 32 nitrogen and oxygen atoms in total. The summed E-state index contributed by atoms with van der Waals surface area (Å²) in [5.41, 5.74) is 13.1. The van der Waals surface area contributed by atoms with E-state index in [4.69, 9.17) is 92.9 Å². The molecule has 4 aromatic rings. The van der Waals surface area contributed by atoms with Gasteiger partial charge in [-0.25, -0.2) is 46.1 Å². The summed E-state index contributed by atoms with van der Waals surface area (Å²) in [4.78, 5) is 103. The number of nitrogens with two attached hydrogens (primary N) is 2. The first-order chi connectivity index (χ1) is 54.9. The number of esters is 2. The Bertz CT molecular complexity index is 3920. The van der Waals surface area contributed by atoms with E-state index in [9.17, 15) is 43.2 Å². The van der Waals surface area contributed by atoms with Crippen LogP contribution in [0.3, 0.4) is 0 Å². The fraction of sp³-hybridized carbons (Fsp3) is 0.598. The molecule has 7 atom stereocenters. The minimum atomic E-state index is -3.61. The second kappa shape index (κ2) is 52.7. The van der Waals surface area contributed by atoms with Crippen molar-refractivity contribution in [2.24, 2.45) is 26.4 Å². The molecule has 5 fully saturated rings. The maximum absolute atomic E-state index is 14.8. The molecule has 3 amide bonds. The summed E-state index contributed by atoms with van der Waals surface area (Å²) >= 11 is 12.5. The van der Waals surface area contributed by atoms with Crippen molar-refractivity contribution in [1.82, 2.24) is 35.3 Å². The van der Waals surface area contributed by atoms with Crippen molar-refractivity contribution in [3.05, 3.63) is 130 Å². The maximum atomic E-state index is 14.8. The zero-order valence-electron chi connectivity index (χ0n) is 71.5. The number of amides is 3. The average Bonchev–Trinajstić information content (AvgIpc) is 1.77. The molecular formula is C82H124BrCl2MgN12O20P. The van der Waals surface area contributed by atoms with Gasteiger partial charge in [0.25, 0.3) is 0 Å². The second-order valence-electron chi connectivity index (χ2n) is 31.6. The van der Waals surface area contributed by atoms with Gasteiger partial charge in [-0.15, -0.1) is 0 Å². The van der Waals surface area contributed by atoms with Crippen LogP contribution in [0.4, 0.5) is 20.1 Å². The zero-order chi connectivity index (χ0) is 87.5. The molecular weight excluding hydrogens is 1680 g/mol. The number of aliphatic imine (C=N–C) groups is 3. The van der Waals surface area contributed by atoms with E-state index in [2.05, 4.69) is 42.1 Å². The molecule has 0 spiro atoms. The number of aliphatic hydroxyl groups excluding tert-OH is 2. The number of fused-ring (bicyclic) bond motifs is 2. The van der Waals surface area contributed by atoms with E-state index in [1.807, 2.05) is 79.5 Å². The Kier molecular flexibility index (Phi) is 48.0. The number of alkyl carbamates (subject to hydrolysis) is 3. The molecule has 37 heteroatoms. The third kappa shape index (κ3) is 41.8. The topological polar surface area (TPSA) is 449 Å². The predicted octanol–water partition coefficient (Wildman–Crippen LogP) is 6.95. The molecule has 6 heterocycles. The van der Waals surface area contributed by atoms with Crippen molar-refractivity contribution in [1.29, 1.82) is 0 Å². The van der Waals surface area contributed by atoms with E-state index in [0.29, 0.717) is 109 Å². The van der Waals surface area contributed by atoms with Crippen LogP contribution in [0.25, 0.3) is 0 Å². The number of ketones is 1. The van der Waals surface area contributed by atoms with E-state index < -0.39 is 78.1 Å². The van der Waals surface area contributed by atoms with Crippen molar-refractivity contribution in [2.45, 2.75) is 238 Å². The summed E-state index contributed by atoms with van der Waals surface area (Å²) in [6.45, 7) is 28.3. The smallest absolute Gasteiger partial charge is 1.00 e. The number of hydrogen-bond donors (Lipinski definition) is 9. The first-order valence-corrected chi connectivity index (χ1v) is 41.4. The monoisotopic (exact) mass is 1800 g/mol. The van der Waals surface area contributed by atoms with Crippen LogP contribution in [0.2, 0.25) is 10.0 Å². The van der Waals surface area contributed by atoms with Crippen LogP contribution in [-0.4, -0.2) is 273 Å². The van der Waals surface area contributed by atoms with Gasteiger partial charge in [-0.05, 0) is 196 Å². The number of carbonyl (C=O) groups is 7. The Morgan fingerprint density at radius 3 is 1.45 bits per heavy atom. The fourth-order valence-corrected chi connectivity index (χ4v) is 13.0. The number of aromatic nitrogens is 2. The third-order valence-electron chi connectivity index (χ3n) is 17.3. The number of hydrogen-bond acceptors (Lipinski definition) is 27. The van der Waals surface area contributed by atoms with E-state index in [1.54, 1.807) is 112 Å². The molecule has 0 bridgehead atoms. The molecule has 5 unspecified atom stereocenters. The molecule has 3 aliphatic carbocycles. The first-order valence-electron chi connectivity index (χ1n) is 39.1. The molecule has 11 rings (SSSR count). The van der Waals surface area contributed by atoms with Crippen LogP contribution in [0, 0.1) is 6.42 Å². The van der Waals surface area contributed by atoms with Gasteiger partial charge in [0.05, 0.1) is 112 Å². The van der Waals surface area contributed by atoms with Crippen LogP contribution in [0.5, 0.6) is 0 Å². The van der Waals surface area contributed by atoms with Gasteiger partial charge >= 0.3 is 60.9 Å². The van der Waals surface area contributed by atoms with Gasteiger partial charge in [0, 0.05) is 91.1 Å². The van der Waals surface area contributed by atoms with E-state index in [1.165, 1.54) is 27.1 Å². The van der Waals surface area contributed by atoms with Crippen LogP contribution >= 0.6 is 30.9 Å². The number of methoxy groups -OCH3 is 2. The molecule has 3 saturated carbocycles. The summed E-state index contributed by atoms with van der Waals surface area (Å²) in [5, 5.41) is 43.9. The predicted molar refractivity (Wildman–Crippen MR) is 454 cm³/mol. The van der Waals surface area contributed by atoms with Gasteiger partial charge in [0.1, 0.15) is 35.2 Å². The summed E-state index contributed by atoms with van der Waals surface area (Å²) in [7, 11) is -0.943. The van der Waals surface area contributed by atoms with Crippen LogP contribution < -0.4 is 44.4 Å². The molecule has 119 heavy (non-hydrogen) atoms. The molecule has 11 N–H and O–H groups in total. The zero-order valence-corrected chi connectivity index (χ0v) is 76.9. The van der Waals surface area contributed by atoms with Gasteiger partial charge in [-0.1, -0.05) is 41.4 Å². The number of nitrogens with zero attached hydrogens (tertiary/aromatic N) is 7. The number of aliphatic hydroxyl groups is 4. The van der Waals surface area contributed by atoms with Crippen molar-refractivity contribution >= 4 is 119 Å². The van der Waals surface area contributed by atoms with E-state index in [0.717, 1.165) is 36.8 Å². The minimum Gasteiger partial charge on any atom is -1.00 e. The maximum Gasteiger partial charge on any atom is 2.00 e. The number of Topliss-reactive ketones (excluding diaryl/α,β-unsaturated/α-hetero) is 1. The summed E-state index contributed by atoms with van der Waals surface area (Å²) < 4.78 is 60.5. The quantitative estimate of drug-likeness (QED) is 0.0114. The van der Waals surface area contributed by atoms with Crippen molar-refractivity contribution in [3.63, 3.8) is 0 Å². The third-order valence-corrected chi connectivity index (χ3v) is 20.4. The number of rotatable bonds is 19.